The van der Waals surface area contributed by atoms with E-state index < -0.39 is 0 Å². The van der Waals surface area contributed by atoms with E-state index in [9.17, 15) is 4.79 Å². The van der Waals surface area contributed by atoms with E-state index in [1.807, 2.05) is 20.2 Å². The summed E-state index contributed by atoms with van der Waals surface area (Å²) in [5.41, 5.74) is 1.01. The summed E-state index contributed by atoms with van der Waals surface area (Å²) in [4.78, 5) is 11.1. The molecule has 0 saturated carbocycles. The lowest BCUT2D eigenvalue weighted by atomic mass is 10.4. The molecule has 0 aromatic carbocycles. The van der Waals surface area contributed by atoms with Gasteiger partial charge in [0.2, 0.25) is 0 Å². The molecule has 1 N–H and O–H groups in total. The van der Waals surface area contributed by atoms with Gasteiger partial charge in [0, 0.05) is 25.9 Å². The fraction of sp³-hybridized carbons (Fsp3) is 0.375. The molecule has 1 rings (SSSR count). The van der Waals surface area contributed by atoms with Crippen molar-refractivity contribution < 1.29 is 0 Å². The lowest BCUT2D eigenvalue weighted by Gasteiger charge is -2.03. The molecule has 0 aliphatic rings. The van der Waals surface area contributed by atoms with Crippen molar-refractivity contribution in [2.24, 2.45) is 0 Å². The Morgan fingerprint density at radius 3 is 2.82 bits per heavy atom. The normalized spacial score (nSPS) is 9.64. The van der Waals surface area contributed by atoms with E-state index in [0.29, 0.717) is 6.54 Å². The lowest BCUT2D eigenvalue weighted by Crippen LogP contribution is -2.17. The van der Waals surface area contributed by atoms with Crippen molar-refractivity contribution in [3.05, 3.63) is 28.7 Å². The molecule has 1 aromatic heterocycles. The summed E-state index contributed by atoms with van der Waals surface area (Å²) in [6, 6.07) is 3.34. The molecule has 0 atom stereocenters. The van der Waals surface area contributed by atoms with Crippen LogP contribution in [0.3, 0.4) is 0 Å². The van der Waals surface area contributed by atoms with Crippen LogP contribution in [0.25, 0.3) is 0 Å². The summed E-state index contributed by atoms with van der Waals surface area (Å²) in [6.45, 7) is 2.66. The van der Waals surface area contributed by atoms with Gasteiger partial charge in [-0.05, 0) is 13.0 Å². The topological polar surface area (TPSA) is 34.0 Å². The van der Waals surface area contributed by atoms with Crippen LogP contribution >= 0.6 is 0 Å². The number of rotatable bonds is 2. The highest BCUT2D eigenvalue weighted by Gasteiger charge is 1.92. The van der Waals surface area contributed by atoms with Crippen molar-refractivity contribution in [3.63, 3.8) is 0 Å². The maximum Gasteiger partial charge on any atom is 0.250 e. The number of nitrogens with zero attached hydrogens (tertiary/aromatic N) is 1. The summed E-state index contributed by atoms with van der Waals surface area (Å²) in [5.74, 6) is 0. The number of pyridine rings is 1. The quantitative estimate of drug-likeness (QED) is 0.683. The Balaban J connectivity index is 3.13. The minimum atomic E-state index is 0.0477. The Morgan fingerprint density at radius 2 is 2.27 bits per heavy atom. The highest BCUT2D eigenvalue weighted by molar-refractivity contribution is 5.39. The molecule has 0 radical (unpaired) electrons. The fourth-order valence-corrected chi connectivity index (χ4v) is 0.926. The number of aromatic nitrogens is 1. The van der Waals surface area contributed by atoms with Gasteiger partial charge in [-0.15, -0.1) is 0 Å². The minimum absolute atomic E-state index is 0.0477. The van der Waals surface area contributed by atoms with Crippen LogP contribution in [0, 0.1) is 0 Å². The van der Waals surface area contributed by atoms with Gasteiger partial charge in [-0.25, -0.2) is 0 Å². The molecule has 0 unspecified atom stereocenters. The van der Waals surface area contributed by atoms with E-state index in [1.54, 1.807) is 16.7 Å². The van der Waals surface area contributed by atoms with Crippen molar-refractivity contribution in [2.45, 2.75) is 13.5 Å². The first-order valence-electron chi connectivity index (χ1n) is 3.66. The SMILES string of the molecule is CCn1cc(NC)ccc1=O. The van der Waals surface area contributed by atoms with E-state index in [4.69, 9.17) is 0 Å². The molecule has 1 aromatic rings. The molecular weight excluding hydrogens is 140 g/mol. The first-order valence-corrected chi connectivity index (χ1v) is 3.66. The second-order valence-electron chi connectivity index (χ2n) is 2.29. The molecule has 0 aliphatic heterocycles. The fourth-order valence-electron chi connectivity index (χ4n) is 0.926. The minimum Gasteiger partial charge on any atom is -0.387 e. The molecule has 0 spiro atoms. The van der Waals surface area contributed by atoms with Crippen molar-refractivity contribution >= 4 is 5.69 Å². The molecule has 0 bridgehead atoms. The Kier molecular flexibility index (Phi) is 2.31. The Labute approximate surface area is 65.7 Å². The van der Waals surface area contributed by atoms with Crippen molar-refractivity contribution in [3.8, 4) is 0 Å². The molecular formula is C8H12N2O. The maximum absolute atomic E-state index is 11.1. The van der Waals surface area contributed by atoms with Gasteiger partial charge in [0.1, 0.15) is 0 Å². The monoisotopic (exact) mass is 152 g/mol. The lowest BCUT2D eigenvalue weighted by molar-refractivity contribution is 0.728. The third-order valence-corrected chi connectivity index (χ3v) is 1.61. The average Bonchev–Trinajstić information content (AvgIpc) is 2.05. The van der Waals surface area contributed by atoms with Gasteiger partial charge >= 0.3 is 0 Å². The Bertz CT molecular complexity index is 290. The van der Waals surface area contributed by atoms with Gasteiger partial charge in [0.15, 0.2) is 0 Å². The zero-order valence-corrected chi connectivity index (χ0v) is 6.79. The smallest absolute Gasteiger partial charge is 0.250 e. The van der Waals surface area contributed by atoms with Gasteiger partial charge in [0.05, 0.1) is 5.69 Å². The maximum atomic E-state index is 11.1. The largest absolute Gasteiger partial charge is 0.387 e. The van der Waals surface area contributed by atoms with Gasteiger partial charge in [-0.3, -0.25) is 4.79 Å². The van der Waals surface area contributed by atoms with Crippen molar-refractivity contribution in [1.29, 1.82) is 0 Å². The zero-order chi connectivity index (χ0) is 8.27. The predicted molar refractivity (Wildman–Crippen MR) is 45.9 cm³/mol. The number of hydrogen-bond acceptors (Lipinski definition) is 2. The van der Waals surface area contributed by atoms with Crippen LogP contribution in [0.4, 0.5) is 5.69 Å². The van der Waals surface area contributed by atoms with Crippen LogP contribution in [0.5, 0.6) is 0 Å². The summed E-state index contributed by atoms with van der Waals surface area (Å²) in [5, 5.41) is 2.97. The third-order valence-electron chi connectivity index (χ3n) is 1.61. The van der Waals surface area contributed by atoms with Crippen LogP contribution < -0.4 is 10.9 Å². The highest BCUT2D eigenvalue weighted by Crippen LogP contribution is 2.00. The number of hydrogen-bond donors (Lipinski definition) is 1. The van der Waals surface area contributed by atoms with E-state index in [0.717, 1.165) is 5.69 Å². The van der Waals surface area contributed by atoms with E-state index in [2.05, 4.69) is 5.32 Å². The van der Waals surface area contributed by atoms with E-state index >= 15 is 0 Å². The summed E-state index contributed by atoms with van der Waals surface area (Å²) in [7, 11) is 1.83. The molecule has 60 valence electrons. The molecule has 3 nitrogen and oxygen atoms in total. The van der Waals surface area contributed by atoms with E-state index in [1.165, 1.54) is 0 Å². The molecule has 11 heavy (non-hydrogen) atoms. The molecule has 0 amide bonds. The molecule has 1 heterocycles. The number of aryl methyl sites for hydroxylation is 1. The first kappa shape index (κ1) is 7.85. The van der Waals surface area contributed by atoms with Crippen molar-refractivity contribution in [1.82, 2.24) is 4.57 Å². The third kappa shape index (κ3) is 1.61. The van der Waals surface area contributed by atoms with Crippen LogP contribution in [0.1, 0.15) is 6.92 Å². The molecule has 0 fully saturated rings. The molecule has 3 heteroatoms. The van der Waals surface area contributed by atoms with Gasteiger partial charge in [-0.1, -0.05) is 0 Å². The van der Waals surface area contributed by atoms with E-state index in [-0.39, 0.29) is 5.56 Å². The second-order valence-corrected chi connectivity index (χ2v) is 2.29. The first-order chi connectivity index (χ1) is 5.27. The summed E-state index contributed by atoms with van der Waals surface area (Å²) < 4.78 is 1.66. The van der Waals surface area contributed by atoms with Gasteiger partial charge in [0.25, 0.3) is 5.56 Å². The van der Waals surface area contributed by atoms with Crippen LogP contribution in [-0.4, -0.2) is 11.6 Å². The van der Waals surface area contributed by atoms with Gasteiger partial charge in [-0.2, -0.15) is 0 Å². The van der Waals surface area contributed by atoms with Crippen LogP contribution in [0.2, 0.25) is 0 Å². The average molecular weight is 152 g/mol. The van der Waals surface area contributed by atoms with Crippen LogP contribution in [-0.2, 0) is 6.54 Å². The Morgan fingerprint density at radius 1 is 1.55 bits per heavy atom. The van der Waals surface area contributed by atoms with Crippen LogP contribution in [0.15, 0.2) is 23.1 Å². The van der Waals surface area contributed by atoms with Crippen molar-refractivity contribution in [2.75, 3.05) is 12.4 Å². The molecule has 0 aliphatic carbocycles. The highest BCUT2D eigenvalue weighted by atomic mass is 16.1. The summed E-state index contributed by atoms with van der Waals surface area (Å²) >= 11 is 0. The Hall–Kier alpha value is -1.25. The predicted octanol–water partition coefficient (Wildman–Crippen LogP) is 0.910. The zero-order valence-electron chi connectivity index (χ0n) is 6.79. The second kappa shape index (κ2) is 3.23. The van der Waals surface area contributed by atoms with Gasteiger partial charge < -0.3 is 9.88 Å². The number of nitrogens with one attached hydrogen (secondary N) is 1. The standard InChI is InChI=1S/C8H12N2O/c1-3-10-6-7(9-2)4-5-8(10)11/h4-6,9H,3H2,1-2H3. The molecule has 0 saturated heterocycles. The number of anilines is 1. The summed E-state index contributed by atoms with van der Waals surface area (Å²) in [6.07, 6.45) is 1.81.